The molecule has 1 rings (SSSR count). The van der Waals surface area contributed by atoms with Gasteiger partial charge in [-0.05, 0) is 38.9 Å². The van der Waals surface area contributed by atoms with Crippen molar-refractivity contribution in [3.05, 3.63) is 11.6 Å². The van der Waals surface area contributed by atoms with Crippen LogP contribution < -0.4 is 0 Å². The molecule has 17 heavy (non-hydrogen) atoms. The fourth-order valence-corrected chi connectivity index (χ4v) is 2.55. The summed E-state index contributed by atoms with van der Waals surface area (Å²) in [6.45, 7) is 5.16. The fraction of sp³-hybridized carbons (Fsp3) is 0.786. The lowest BCUT2D eigenvalue weighted by Gasteiger charge is -2.25. The van der Waals surface area contributed by atoms with Gasteiger partial charge in [-0.25, -0.2) is 0 Å². The summed E-state index contributed by atoms with van der Waals surface area (Å²) in [5.41, 5.74) is 0.944. The molecule has 1 fully saturated rings. The van der Waals surface area contributed by atoms with E-state index in [1.54, 1.807) is 0 Å². The zero-order valence-electron chi connectivity index (χ0n) is 11.6. The summed E-state index contributed by atoms with van der Waals surface area (Å²) in [7, 11) is 4.08. The van der Waals surface area contributed by atoms with Crippen molar-refractivity contribution in [3.8, 4) is 0 Å². The summed E-state index contributed by atoms with van der Waals surface area (Å²) in [6.07, 6.45) is 7.63. The number of carbonyl (C=O) groups excluding carboxylic acids is 1. The molecule has 1 atom stereocenters. The third-order valence-electron chi connectivity index (χ3n) is 3.40. The zero-order valence-corrected chi connectivity index (χ0v) is 12.4. The molecule has 1 unspecified atom stereocenters. The third kappa shape index (κ3) is 4.44. The molecule has 3 heteroatoms. The van der Waals surface area contributed by atoms with Crippen LogP contribution in [0.5, 0.6) is 0 Å². The minimum Gasteiger partial charge on any atom is -0.308 e. The summed E-state index contributed by atoms with van der Waals surface area (Å²) in [5, 5.41) is 0. The molecule has 2 nitrogen and oxygen atoms in total. The molecule has 1 aliphatic rings. The second kappa shape index (κ2) is 7.17. The second-order valence-corrected chi connectivity index (χ2v) is 5.50. The van der Waals surface area contributed by atoms with E-state index in [9.17, 15) is 4.79 Å². The fourth-order valence-electron chi connectivity index (χ4n) is 2.55. The zero-order chi connectivity index (χ0) is 12.2. The lowest BCUT2D eigenvalue weighted by molar-refractivity contribution is -0.122. The first-order valence-corrected chi connectivity index (χ1v) is 6.38. The number of hydrogen-bond acceptors (Lipinski definition) is 2. The molecular weight excluding hydrogens is 234 g/mol. The minimum absolute atomic E-state index is 0. The molecule has 0 aromatic heterocycles. The molecule has 0 amide bonds. The highest BCUT2D eigenvalue weighted by Crippen LogP contribution is 2.38. The minimum atomic E-state index is -0.137. The Hall–Kier alpha value is -0.340. The SMILES string of the molecule is CCCC/C=C1\CCC(C)(CN(C)C)C1=O.Cl. The van der Waals surface area contributed by atoms with Gasteiger partial charge < -0.3 is 4.90 Å². The molecule has 0 heterocycles. The Kier molecular flexibility index (Phi) is 7.03. The van der Waals surface area contributed by atoms with Gasteiger partial charge in [-0.15, -0.1) is 12.4 Å². The van der Waals surface area contributed by atoms with E-state index >= 15 is 0 Å². The first-order chi connectivity index (χ1) is 7.49. The average molecular weight is 260 g/mol. The molecule has 0 aromatic carbocycles. The van der Waals surface area contributed by atoms with E-state index in [0.717, 1.165) is 31.4 Å². The van der Waals surface area contributed by atoms with Crippen molar-refractivity contribution in [2.45, 2.75) is 46.0 Å². The van der Waals surface area contributed by atoms with Crippen molar-refractivity contribution in [2.75, 3.05) is 20.6 Å². The number of ketones is 1. The van der Waals surface area contributed by atoms with Gasteiger partial charge >= 0.3 is 0 Å². The quantitative estimate of drug-likeness (QED) is 0.557. The average Bonchev–Trinajstić information content (AvgIpc) is 2.45. The Labute approximate surface area is 112 Å². The number of rotatable bonds is 5. The summed E-state index contributed by atoms with van der Waals surface area (Å²) >= 11 is 0. The Morgan fingerprint density at radius 3 is 2.59 bits per heavy atom. The topological polar surface area (TPSA) is 20.3 Å². The third-order valence-corrected chi connectivity index (χ3v) is 3.40. The molecule has 100 valence electrons. The van der Waals surface area contributed by atoms with Gasteiger partial charge in [0.25, 0.3) is 0 Å². The van der Waals surface area contributed by atoms with Gasteiger partial charge in [0.2, 0.25) is 0 Å². The maximum atomic E-state index is 12.3. The van der Waals surface area contributed by atoms with Crippen LogP contribution in [0.2, 0.25) is 0 Å². The molecule has 0 spiro atoms. The van der Waals surface area contributed by atoms with E-state index in [1.165, 1.54) is 12.8 Å². The summed E-state index contributed by atoms with van der Waals surface area (Å²) in [5.74, 6) is 0.386. The van der Waals surface area contributed by atoms with Crippen LogP contribution in [-0.4, -0.2) is 31.3 Å². The van der Waals surface area contributed by atoms with Gasteiger partial charge in [-0.2, -0.15) is 0 Å². The Morgan fingerprint density at radius 1 is 1.41 bits per heavy atom. The molecule has 1 aliphatic carbocycles. The molecule has 0 saturated heterocycles. The summed E-state index contributed by atoms with van der Waals surface area (Å²) in [6, 6.07) is 0. The number of hydrogen-bond donors (Lipinski definition) is 0. The molecule has 0 bridgehead atoms. The van der Waals surface area contributed by atoms with E-state index < -0.39 is 0 Å². The van der Waals surface area contributed by atoms with Gasteiger partial charge in [0, 0.05) is 12.0 Å². The van der Waals surface area contributed by atoms with Crippen LogP contribution in [0.3, 0.4) is 0 Å². The van der Waals surface area contributed by atoms with Crippen LogP contribution in [0, 0.1) is 5.41 Å². The Morgan fingerprint density at radius 2 is 2.06 bits per heavy atom. The monoisotopic (exact) mass is 259 g/mol. The van der Waals surface area contributed by atoms with Gasteiger partial charge in [0.15, 0.2) is 5.78 Å². The van der Waals surface area contributed by atoms with Crippen molar-refractivity contribution in [3.63, 3.8) is 0 Å². The second-order valence-electron chi connectivity index (χ2n) is 5.50. The van der Waals surface area contributed by atoms with Crippen molar-refractivity contribution < 1.29 is 4.79 Å². The van der Waals surface area contributed by atoms with Gasteiger partial charge in [0.1, 0.15) is 0 Å². The van der Waals surface area contributed by atoms with E-state index in [-0.39, 0.29) is 17.8 Å². The van der Waals surface area contributed by atoms with Crippen LogP contribution in [0.25, 0.3) is 0 Å². The van der Waals surface area contributed by atoms with Crippen LogP contribution in [0.4, 0.5) is 0 Å². The van der Waals surface area contributed by atoms with E-state index in [2.05, 4.69) is 24.8 Å². The van der Waals surface area contributed by atoms with E-state index in [1.807, 2.05) is 14.1 Å². The lowest BCUT2D eigenvalue weighted by atomic mass is 9.86. The lowest BCUT2D eigenvalue weighted by Crippen LogP contribution is -2.34. The smallest absolute Gasteiger partial charge is 0.165 e. The standard InChI is InChI=1S/C14H25NO.ClH/c1-5-6-7-8-12-9-10-14(2,13(12)16)11-15(3)4;/h8H,5-7,9-11H2,1-4H3;1H/b12-8+;. The van der Waals surface area contributed by atoms with Crippen molar-refractivity contribution in [2.24, 2.45) is 5.41 Å². The predicted octanol–water partition coefficient (Wildman–Crippen LogP) is 3.46. The van der Waals surface area contributed by atoms with E-state index in [0.29, 0.717) is 5.78 Å². The Balaban J connectivity index is 0.00000256. The van der Waals surface area contributed by atoms with Crippen molar-refractivity contribution in [1.82, 2.24) is 4.90 Å². The molecule has 0 radical (unpaired) electrons. The van der Waals surface area contributed by atoms with Crippen LogP contribution >= 0.6 is 12.4 Å². The molecule has 0 N–H and O–H groups in total. The van der Waals surface area contributed by atoms with Crippen LogP contribution in [0.1, 0.15) is 46.0 Å². The number of allylic oxidation sites excluding steroid dienone is 2. The first-order valence-electron chi connectivity index (χ1n) is 6.38. The summed E-state index contributed by atoms with van der Waals surface area (Å²) < 4.78 is 0. The summed E-state index contributed by atoms with van der Waals surface area (Å²) in [4.78, 5) is 14.4. The normalized spacial score (nSPS) is 26.6. The molecule has 0 aliphatic heterocycles. The Bertz CT molecular complexity index is 286. The first kappa shape index (κ1) is 16.7. The van der Waals surface area contributed by atoms with Crippen LogP contribution in [-0.2, 0) is 4.79 Å². The highest BCUT2D eigenvalue weighted by molar-refractivity contribution is 6.02. The van der Waals surface area contributed by atoms with Gasteiger partial charge in [-0.3, -0.25) is 4.79 Å². The van der Waals surface area contributed by atoms with Crippen molar-refractivity contribution in [1.29, 1.82) is 0 Å². The molecule has 1 saturated carbocycles. The predicted molar refractivity (Wildman–Crippen MR) is 75.8 cm³/mol. The number of nitrogens with zero attached hydrogens (tertiary/aromatic N) is 1. The number of halogens is 1. The van der Waals surface area contributed by atoms with Crippen LogP contribution in [0.15, 0.2) is 11.6 Å². The van der Waals surface area contributed by atoms with E-state index in [4.69, 9.17) is 0 Å². The maximum Gasteiger partial charge on any atom is 0.165 e. The number of carbonyl (C=O) groups is 1. The van der Waals surface area contributed by atoms with Gasteiger partial charge in [-0.1, -0.05) is 32.8 Å². The number of Topliss-reactive ketones (excluding diaryl/α,β-unsaturated/α-hetero) is 1. The molecule has 0 aromatic rings. The largest absolute Gasteiger partial charge is 0.308 e. The molecular formula is C14H26ClNO. The highest BCUT2D eigenvalue weighted by Gasteiger charge is 2.40. The maximum absolute atomic E-state index is 12.3. The van der Waals surface area contributed by atoms with Gasteiger partial charge in [0.05, 0.1) is 0 Å². The number of unbranched alkanes of at least 4 members (excludes halogenated alkanes) is 2. The highest BCUT2D eigenvalue weighted by atomic mass is 35.5. The van der Waals surface area contributed by atoms with Crippen molar-refractivity contribution >= 4 is 18.2 Å².